The van der Waals surface area contributed by atoms with Crippen molar-refractivity contribution < 1.29 is 27.3 Å². The number of thiophene rings is 1. The van der Waals surface area contributed by atoms with Crippen molar-refractivity contribution in [2.45, 2.75) is 63.3 Å². The van der Waals surface area contributed by atoms with E-state index in [1.54, 1.807) is 20.8 Å². The Hall–Kier alpha value is -1.59. The first-order valence-electron chi connectivity index (χ1n) is 8.17. The number of alkyl halides is 2. The summed E-state index contributed by atoms with van der Waals surface area (Å²) in [7, 11) is -3.71. The summed E-state index contributed by atoms with van der Waals surface area (Å²) in [5, 5.41) is 8.02. The molecule has 1 aromatic heterocycles. The fraction of sp³-hybridized carbons (Fsp3) is 0.625. The maximum absolute atomic E-state index is 12.7. The molecule has 0 saturated carbocycles. The highest BCUT2D eigenvalue weighted by molar-refractivity contribution is 7.93. The smallest absolute Gasteiger partial charge is 0.408 e. The summed E-state index contributed by atoms with van der Waals surface area (Å²) in [6.45, 7) is 8.65. The van der Waals surface area contributed by atoms with Crippen LogP contribution < -0.4 is 10.5 Å². The Kier molecular flexibility index (Phi) is 7.87. The lowest BCUT2D eigenvalue weighted by Crippen LogP contribution is -2.44. The first-order chi connectivity index (χ1) is 12.2. The zero-order chi connectivity index (χ0) is 21.0. The number of rotatable bonds is 6. The average Bonchev–Trinajstić information content (AvgIpc) is 2.94. The lowest BCUT2D eigenvalue weighted by molar-refractivity contribution is -0.120. The molecule has 7 nitrogen and oxygen atoms in total. The lowest BCUT2D eigenvalue weighted by Gasteiger charge is -2.23. The first-order valence-corrected chi connectivity index (χ1v) is 10.6. The van der Waals surface area contributed by atoms with E-state index in [-0.39, 0.29) is 21.4 Å². The van der Waals surface area contributed by atoms with Gasteiger partial charge >= 0.3 is 6.09 Å². The minimum atomic E-state index is -3.71. The van der Waals surface area contributed by atoms with E-state index in [0.717, 1.165) is 12.1 Å². The topological polar surface area (TPSA) is 111 Å². The van der Waals surface area contributed by atoms with Gasteiger partial charge < -0.3 is 10.1 Å². The number of hydrogen-bond acceptors (Lipinski definition) is 5. The van der Waals surface area contributed by atoms with E-state index in [1.807, 2.05) is 13.8 Å². The van der Waals surface area contributed by atoms with E-state index >= 15 is 0 Å². The van der Waals surface area contributed by atoms with Gasteiger partial charge in [-0.05, 0) is 45.2 Å². The molecule has 1 aromatic rings. The number of ether oxygens (including phenoxy) is 1. The molecule has 1 unspecified atom stereocenters. The minimum Gasteiger partial charge on any atom is -0.444 e. The number of nitrogens with two attached hydrogens (primary N) is 1. The Labute approximate surface area is 162 Å². The van der Waals surface area contributed by atoms with Crippen LogP contribution >= 0.6 is 11.3 Å². The van der Waals surface area contributed by atoms with Crippen LogP contribution in [0.15, 0.2) is 20.7 Å². The van der Waals surface area contributed by atoms with E-state index in [4.69, 9.17) is 9.88 Å². The summed E-state index contributed by atoms with van der Waals surface area (Å²) in [6, 6.07) is 1.14. The van der Waals surface area contributed by atoms with Crippen LogP contribution in [0.25, 0.3) is 0 Å². The Bertz CT molecular complexity index is 794. The van der Waals surface area contributed by atoms with Crippen molar-refractivity contribution >= 4 is 33.3 Å². The number of carbonyl (C=O) groups excluding carboxylic acids is 2. The van der Waals surface area contributed by atoms with Crippen molar-refractivity contribution in [1.29, 1.82) is 0 Å². The molecule has 2 amide bonds. The molecule has 0 bridgehead atoms. The normalized spacial score (nSPS) is 15.3. The highest BCUT2D eigenvalue weighted by atomic mass is 32.2. The molecular weight excluding hydrogens is 400 g/mol. The molecule has 0 aromatic carbocycles. The largest absolute Gasteiger partial charge is 0.444 e. The van der Waals surface area contributed by atoms with E-state index in [2.05, 4.69) is 9.68 Å². The van der Waals surface area contributed by atoms with Crippen molar-refractivity contribution in [3.05, 3.63) is 17.0 Å². The molecule has 1 rings (SSSR count). The summed E-state index contributed by atoms with van der Waals surface area (Å²) in [6.07, 6.45) is -3.35. The van der Waals surface area contributed by atoms with E-state index in [9.17, 15) is 22.6 Å². The van der Waals surface area contributed by atoms with Gasteiger partial charge in [-0.3, -0.25) is 4.79 Å². The quantitative estimate of drug-likeness (QED) is 0.721. The fourth-order valence-electron chi connectivity index (χ4n) is 1.99. The molecule has 1 heterocycles. The van der Waals surface area contributed by atoms with Crippen LogP contribution in [-0.2, 0) is 19.4 Å². The van der Waals surface area contributed by atoms with Gasteiger partial charge in [0.1, 0.15) is 15.9 Å². The molecule has 0 radical (unpaired) electrons. The number of carbonyl (C=O) groups is 2. The molecule has 154 valence electrons. The molecular formula is C16H25F2N3O4S2. The number of halogens is 2. The van der Waals surface area contributed by atoms with Gasteiger partial charge in [0.05, 0.1) is 4.88 Å². The van der Waals surface area contributed by atoms with Crippen molar-refractivity contribution in [3.63, 3.8) is 0 Å². The van der Waals surface area contributed by atoms with Crippen LogP contribution in [0.3, 0.4) is 0 Å². The third-order valence-corrected chi connectivity index (χ3v) is 6.04. The van der Waals surface area contributed by atoms with Crippen molar-refractivity contribution in [1.82, 2.24) is 5.32 Å². The standard InChI is InChI=1S/C16H25F2N3O4S2/c1-9(2)8-10(20-15(23)25-16(3,4)5)14(22)21-27(19,24)12-7-6-11(26-12)13(17)18/h6-7,9-10,13H,8H2,1-5H3,(H,20,23)(H2,19,21,22,24)/t10-,27?/m0/s1. The number of nitrogens with one attached hydrogen (secondary N) is 1. The molecule has 0 aliphatic carbocycles. The van der Waals surface area contributed by atoms with Gasteiger partial charge in [0.2, 0.25) is 0 Å². The number of nitrogens with zero attached hydrogens (tertiary/aromatic N) is 1. The Morgan fingerprint density at radius 1 is 1.33 bits per heavy atom. The molecule has 27 heavy (non-hydrogen) atoms. The van der Waals surface area contributed by atoms with Crippen LogP contribution in [0.4, 0.5) is 13.6 Å². The summed E-state index contributed by atoms with van der Waals surface area (Å²) in [5.41, 5.74) is -0.767. The molecule has 0 aliphatic rings. The second-order valence-electron chi connectivity index (χ2n) is 7.28. The van der Waals surface area contributed by atoms with Crippen LogP contribution in [0.1, 0.15) is 52.3 Å². The van der Waals surface area contributed by atoms with Gasteiger partial charge in [0, 0.05) is 0 Å². The van der Waals surface area contributed by atoms with Gasteiger partial charge in [0.15, 0.2) is 9.92 Å². The van der Waals surface area contributed by atoms with Crippen molar-refractivity contribution in [3.8, 4) is 0 Å². The molecule has 3 N–H and O–H groups in total. The van der Waals surface area contributed by atoms with Gasteiger partial charge in [0.25, 0.3) is 12.3 Å². The Morgan fingerprint density at radius 3 is 2.37 bits per heavy atom. The number of hydrogen-bond donors (Lipinski definition) is 2. The van der Waals surface area contributed by atoms with Gasteiger partial charge in [-0.25, -0.2) is 22.9 Å². The van der Waals surface area contributed by atoms with Gasteiger partial charge in [-0.2, -0.15) is 0 Å². The van der Waals surface area contributed by atoms with E-state index in [0.29, 0.717) is 11.3 Å². The van der Waals surface area contributed by atoms with Gasteiger partial charge in [-0.15, -0.1) is 15.7 Å². The monoisotopic (exact) mass is 425 g/mol. The van der Waals surface area contributed by atoms with E-state index < -0.39 is 40.0 Å². The SMILES string of the molecule is CC(C)C[C@H](NC(=O)OC(C)(C)C)C(=O)N=S(N)(=O)c1ccc(C(F)F)s1. The second kappa shape index (κ2) is 9.07. The maximum Gasteiger partial charge on any atom is 0.408 e. The second-order valence-corrected chi connectivity index (χ2v) is 10.4. The number of alkyl carbamates (subject to hydrolysis) is 1. The predicted molar refractivity (Wildman–Crippen MR) is 99.9 cm³/mol. The third kappa shape index (κ3) is 7.89. The van der Waals surface area contributed by atoms with Gasteiger partial charge in [-0.1, -0.05) is 13.8 Å². The summed E-state index contributed by atoms with van der Waals surface area (Å²) in [4.78, 5) is 24.1. The molecule has 11 heteroatoms. The molecule has 2 atom stereocenters. The first kappa shape index (κ1) is 23.4. The fourth-order valence-corrected chi connectivity index (χ4v) is 4.21. The van der Waals surface area contributed by atoms with Crippen molar-refractivity contribution in [2.24, 2.45) is 15.4 Å². The minimum absolute atomic E-state index is 0.00471. The Balaban J connectivity index is 3.07. The highest BCUT2D eigenvalue weighted by Crippen LogP contribution is 2.29. The van der Waals surface area contributed by atoms with Crippen LogP contribution in [0.2, 0.25) is 0 Å². The molecule has 0 fully saturated rings. The highest BCUT2D eigenvalue weighted by Gasteiger charge is 2.27. The summed E-state index contributed by atoms with van der Waals surface area (Å²) in [5.74, 6) is -0.904. The average molecular weight is 426 g/mol. The zero-order valence-corrected chi connectivity index (χ0v) is 17.5. The molecule has 0 saturated heterocycles. The maximum atomic E-state index is 12.7. The lowest BCUT2D eigenvalue weighted by atomic mass is 10.0. The van der Waals surface area contributed by atoms with Crippen molar-refractivity contribution in [2.75, 3.05) is 0 Å². The Morgan fingerprint density at radius 2 is 1.93 bits per heavy atom. The van der Waals surface area contributed by atoms with Crippen LogP contribution in [-0.4, -0.2) is 27.9 Å². The molecule has 0 aliphatic heterocycles. The predicted octanol–water partition coefficient (Wildman–Crippen LogP) is 3.85. The summed E-state index contributed by atoms with van der Waals surface area (Å²) >= 11 is 0.529. The van der Waals surface area contributed by atoms with E-state index in [1.165, 1.54) is 0 Å². The summed E-state index contributed by atoms with van der Waals surface area (Å²) < 4.78 is 46.4. The van der Waals surface area contributed by atoms with Crippen LogP contribution in [0, 0.1) is 5.92 Å². The van der Waals surface area contributed by atoms with Crippen LogP contribution in [0.5, 0.6) is 0 Å². The third-order valence-electron chi connectivity index (χ3n) is 3.03. The number of amides is 2. The zero-order valence-electron chi connectivity index (χ0n) is 15.8. The molecule has 0 spiro atoms.